The van der Waals surface area contributed by atoms with Crippen LogP contribution in [-0.4, -0.2) is 60.8 Å². The smallest absolute Gasteiger partial charge is 0.258 e. The van der Waals surface area contributed by atoms with E-state index in [1.165, 1.54) is 0 Å². The summed E-state index contributed by atoms with van der Waals surface area (Å²) in [5.74, 6) is 0.235. The second-order valence-corrected chi connectivity index (χ2v) is 6.72. The summed E-state index contributed by atoms with van der Waals surface area (Å²) in [5.41, 5.74) is 2.04. The molecule has 0 spiro atoms. The van der Waals surface area contributed by atoms with E-state index < -0.39 is 6.04 Å². The second-order valence-electron chi connectivity index (χ2n) is 6.72. The fourth-order valence-corrected chi connectivity index (χ4v) is 3.41. The van der Waals surface area contributed by atoms with Gasteiger partial charge in [-0.05, 0) is 26.0 Å². The summed E-state index contributed by atoms with van der Waals surface area (Å²) < 4.78 is 7.09. The van der Waals surface area contributed by atoms with Gasteiger partial charge in [-0.3, -0.25) is 19.3 Å². The van der Waals surface area contributed by atoms with Crippen molar-refractivity contribution in [3.63, 3.8) is 0 Å². The lowest BCUT2D eigenvalue weighted by Gasteiger charge is -2.34. The molecular weight excluding hydrogens is 374 g/mol. The standard InChI is InChI=1S/C19H21N7O3/c1-3-26-12(2)14(11-22-26)19(28)25-9-8-21-18(27)15(25)10-16-23-17(24-29-16)13-4-6-20-7-5-13/h4-7,11,15H,3,8-10H2,1-2H3,(H,21,27). The maximum absolute atomic E-state index is 13.1. The van der Waals surface area contributed by atoms with Crippen LogP contribution in [0.3, 0.4) is 0 Å². The third-order valence-electron chi connectivity index (χ3n) is 5.00. The summed E-state index contributed by atoms with van der Waals surface area (Å²) >= 11 is 0. The number of aryl methyl sites for hydroxylation is 1. The van der Waals surface area contributed by atoms with Gasteiger partial charge in [0.1, 0.15) is 6.04 Å². The van der Waals surface area contributed by atoms with Crippen molar-refractivity contribution in [2.45, 2.75) is 32.9 Å². The van der Waals surface area contributed by atoms with Crippen LogP contribution in [-0.2, 0) is 17.8 Å². The number of rotatable bonds is 5. The average molecular weight is 395 g/mol. The molecule has 0 saturated carbocycles. The molecule has 1 aliphatic heterocycles. The van der Waals surface area contributed by atoms with Gasteiger partial charge in [0.2, 0.25) is 17.6 Å². The quantitative estimate of drug-likeness (QED) is 0.680. The van der Waals surface area contributed by atoms with Crippen molar-refractivity contribution in [1.82, 2.24) is 35.1 Å². The Kier molecular flexibility index (Phi) is 5.07. The van der Waals surface area contributed by atoms with Gasteiger partial charge >= 0.3 is 0 Å². The number of amides is 2. The van der Waals surface area contributed by atoms with E-state index in [9.17, 15) is 9.59 Å². The van der Waals surface area contributed by atoms with Gasteiger partial charge in [0.15, 0.2) is 0 Å². The molecule has 2 amide bonds. The molecule has 1 atom stereocenters. The normalized spacial score (nSPS) is 16.7. The molecule has 1 fully saturated rings. The summed E-state index contributed by atoms with van der Waals surface area (Å²) in [7, 11) is 0. The van der Waals surface area contributed by atoms with Crippen molar-refractivity contribution in [3.8, 4) is 11.4 Å². The Morgan fingerprint density at radius 2 is 2.14 bits per heavy atom. The molecule has 150 valence electrons. The van der Waals surface area contributed by atoms with Crippen molar-refractivity contribution in [1.29, 1.82) is 0 Å². The van der Waals surface area contributed by atoms with Crippen LogP contribution in [0.1, 0.15) is 28.9 Å². The maximum atomic E-state index is 13.1. The van der Waals surface area contributed by atoms with Crippen molar-refractivity contribution in [3.05, 3.63) is 47.9 Å². The van der Waals surface area contributed by atoms with Crippen LogP contribution in [0.25, 0.3) is 11.4 Å². The van der Waals surface area contributed by atoms with E-state index in [0.717, 1.165) is 11.3 Å². The van der Waals surface area contributed by atoms with Crippen LogP contribution in [0, 0.1) is 6.92 Å². The summed E-state index contributed by atoms with van der Waals surface area (Å²) in [6.45, 7) is 5.28. The zero-order valence-corrected chi connectivity index (χ0v) is 16.2. The Bertz CT molecular complexity index is 1030. The Balaban J connectivity index is 1.57. The number of nitrogens with zero attached hydrogens (tertiary/aromatic N) is 6. The molecule has 1 unspecified atom stereocenters. The third-order valence-corrected chi connectivity index (χ3v) is 5.00. The predicted octanol–water partition coefficient (Wildman–Crippen LogP) is 0.840. The Morgan fingerprint density at radius 3 is 2.86 bits per heavy atom. The van der Waals surface area contributed by atoms with E-state index in [-0.39, 0.29) is 24.1 Å². The van der Waals surface area contributed by atoms with Crippen LogP contribution in [0.4, 0.5) is 0 Å². The SMILES string of the molecule is CCn1ncc(C(=O)N2CCNC(=O)C2Cc2nc(-c3ccncc3)no2)c1C. The number of aromatic nitrogens is 5. The molecule has 3 aromatic heterocycles. The summed E-state index contributed by atoms with van der Waals surface area (Å²) in [5, 5.41) is 11.0. The summed E-state index contributed by atoms with van der Waals surface area (Å²) in [6, 6.07) is 2.81. The van der Waals surface area contributed by atoms with Crippen molar-refractivity contribution in [2.24, 2.45) is 0 Å². The van der Waals surface area contributed by atoms with E-state index in [1.807, 2.05) is 13.8 Å². The molecule has 0 aromatic carbocycles. The molecule has 0 bridgehead atoms. The van der Waals surface area contributed by atoms with Crippen LogP contribution < -0.4 is 5.32 Å². The topological polar surface area (TPSA) is 119 Å². The molecule has 1 saturated heterocycles. The fourth-order valence-electron chi connectivity index (χ4n) is 3.41. The molecule has 1 aliphatic rings. The molecule has 10 heteroatoms. The van der Waals surface area contributed by atoms with E-state index in [0.29, 0.717) is 31.0 Å². The molecule has 1 N–H and O–H groups in total. The Morgan fingerprint density at radius 1 is 1.34 bits per heavy atom. The van der Waals surface area contributed by atoms with Crippen LogP contribution in [0.5, 0.6) is 0 Å². The van der Waals surface area contributed by atoms with E-state index in [1.54, 1.807) is 40.3 Å². The first-order chi connectivity index (χ1) is 14.1. The summed E-state index contributed by atoms with van der Waals surface area (Å²) in [4.78, 5) is 35.6. The van der Waals surface area contributed by atoms with Crippen LogP contribution in [0.2, 0.25) is 0 Å². The van der Waals surface area contributed by atoms with Crippen LogP contribution >= 0.6 is 0 Å². The highest BCUT2D eigenvalue weighted by Gasteiger charge is 2.36. The first-order valence-corrected chi connectivity index (χ1v) is 9.42. The van der Waals surface area contributed by atoms with Crippen molar-refractivity contribution in [2.75, 3.05) is 13.1 Å². The fraction of sp³-hybridized carbons (Fsp3) is 0.368. The highest BCUT2D eigenvalue weighted by atomic mass is 16.5. The van der Waals surface area contributed by atoms with E-state index in [4.69, 9.17) is 4.52 Å². The van der Waals surface area contributed by atoms with Gasteiger partial charge < -0.3 is 14.7 Å². The minimum absolute atomic E-state index is 0.136. The van der Waals surface area contributed by atoms with E-state index >= 15 is 0 Å². The maximum Gasteiger partial charge on any atom is 0.258 e. The van der Waals surface area contributed by atoms with Gasteiger partial charge in [-0.15, -0.1) is 0 Å². The lowest BCUT2D eigenvalue weighted by molar-refractivity contribution is -0.127. The largest absolute Gasteiger partial charge is 0.353 e. The molecular formula is C19H21N7O3. The lowest BCUT2D eigenvalue weighted by atomic mass is 10.1. The van der Waals surface area contributed by atoms with Crippen molar-refractivity contribution < 1.29 is 14.1 Å². The monoisotopic (exact) mass is 395 g/mol. The highest BCUT2D eigenvalue weighted by Crippen LogP contribution is 2.19. The van der Waals surface area contributed by atoms with Gasteiger partial charge in [-0.1, -0.05) is 5.16 Å². The number of hydrogen-bond donors (Lipinski definition) is 1. The first kappa shape index (κ1) is 18.8. The molecule has 4 rings (SSSR count). The van der Waals surface area contributed by atoms with Gasteiger partial charge in [-0.2, -0.15) is 10.1 Å². The molecule has 3 aromatic rings. The zero-order chi connectivity index (χ0) is 20.4. The first-order valence-electron chi connectivity index (χ1n) is 9.42. The predicted molar refractivity (Wildman–Crippen MR) is 102 cm³/mol. The average Bonchev–Trinajstić information content (AvgIpc) is 3.36. The molecule has 29 heavy (non-hydrogen) atoms. The van der Waals surface area contributed by atoms with Gasteiger partial charge in [-0.25, -0.2) is 0 Å². The van der Waals surface area contributed by atoms with Gasteiger partial charge in [0.05, 0.1) is 18.2 Å². The third kappa shape index (κ3) is 3.60. The lowest BCUT2D eigenvalue weighted by Crippen LogP contribution is -2.58. The number of carbonyl (C=O) groups excluding carboxylic acids is 2. The zero-order valence-electron chi connectivity index (χ0n) is 16.2. The van der Waals surface area contributed by atoms with Crippen LogP contribution in [0.15, 0.2) is 35.2 Å². The summed E-state index contributed by atoms with van der Waals surface area (Å²) in [6.07, 6.45) is 4.97. The number of hydrogen-bond acceptors (Lipinski definition) is 7. The number of carbonyl (C=O) groups is 2. The minimum atomic E-state index is -0.730. The van der Waals surface area contributed by atoms with Gasteiger partial charge in [0, 0.05) is 43.3 Å². The Hall–Kier alpha value is -3.56. The molecule has 10 nitrogen and oxygen atoms in total. The number of piperazine rings is 1. The van der Waals surface area contributed by atoms with Crippen molar-refractivity contribution >= 4 is 11.8 Å². The number of nitrogens with one attached hydrogen (secondary N) is 1. The van der Waals surface area contributed by atoms with E-state index in [2.05, 4.69) is 25.5 Å². The highest BCUT2D eigenvalue weighted by molar-refractivity contribution is 5.98. The minimum Gasteiger partial charge on any atom is -0.353 e. The molecule has 4 heterocycles. The number of pyridine rings is 1. The Labute approximate surface area is 166 Å². The second kappa shape index (κ2) is 7.82. The molecule has 0 aliphatic carbocycles. The van der Waals surface area contributed by atoms with Gasteiger partial charge in [0.25, 0.3) is 5.91 Å². The molecule has 0 radical (unpaired) electrons.